The lowest BCUT2D eigenvalue weighted by atomic mass is 9.92. The molecule has 1 aromatic carbocycles. The molecule has 16 heavy (non-hydrogen) atoms. The van der Waals surface area contributed by atoms with Crippen LogP contribution in [0, 0.1) is 5.41 Å². The number of nitrogens with one attached hydrogen (secondary N) is 1. The molecule has 0 unspecified atom stereocenters. The van der Waals surface area contributed by atoms with Gasteiger partial charge in [0, 0.05) is 19.1 Å². The quantitative estimate of drug-likeness (QED) is 0.777. The van der Waals surface area contributed by atoms with Crippen LogP contribution >= 0.6 is 0 Å². The first-order valence-corrected chi connectivity index (χ1v) is 6.09. The number of hydrogen-bond acceptors (Lipinski definition) is 2. The molecule has 0 saturated heterocycles. The zero-order valence-corrected chi connectivity index (χ0v) is 10.7. The second kappa shape index (κ2) is 4.00. The van der Waals surface area contributed by atoms with Crippen molar-refractivity contribution in [2.75, 3.05) is 23.3 Å². The van der Waals surface area contributed by atoms with E-state index in [4.69, 9.17) is 0 Å². The van der Waals surface area contributed by atoms with Crippen LogP contribution in [0.3, 0.4) is 0 Å². The van der Waals surface area contributed by atoms with E-state index in [1.54, 1.807) is 0 Å². The van der Waals surface area contributed by atoms with E-state index < -0.39 is 0 Å². The number of hydrogen-bond donors (Lipinski definition) is 1. The molecule has 0 fully saturated rings. The summed E-state index contributed by atoms with van der Waals surface area (Å²) in [7, 11) is 0. The summed E-state index contributed by atoms with van der Waals surface area (Å²) in [6.07, 6.45) is 0. The summed E-state index contributed by atoms with van der Waals surface area (Å²) < 4.78 is 0. The fourth-order valence-electron chi connectivity index (χ4n) is 2.27. The molecule has 0 spiro atoms. The topological polar surface area (TPSA) is 15.3 Å². The van der Waals surface area contributed by atoms with Crippen molar-refractivity contribution < 1.29 is 0 Å². The minimum absolute atomic E-state index is 0.309. The lowest BCUT2D eigenvalue weighted by molar-refractivity contribution is 0.385. The smallest absolute Gasteiger partial charge is 0.0604 e. The van der Waals surface area contributed by atoms with Crippen molar-refractivity contribution in [2.24, 2.45) is 5.41 Å². The van der Waals surface area contributed by atoms with E-state index in [1.807, 2.05) is 0 Å². The van der Waals surface area contributed by atoms with E-state index >= 15 is 0 Å². The van der Waals surface area contributed by atoms with Gasteiger partial charge in [0.1, 0.15) is 0 Å². The van der Waals surface area contributed by atoms with Crippen LogP contribution in [0.15, 0.2) is 24.3 Å². The van der Waals surface area contributed by atoms with Crippen molar-refractivity contribution in [1.29, 1.82) is 0 Å². The van der Waals surface area contributed by atoms with Gasteiger partial charge in [-0.1, -0.05) is 26.0 Å². The van der Waals surface area contributed by atoms with Gasteiger partial charge in [-0.05, 0) is 31.4 Å². The number of rotatable bonds is 1. The highest BCUT2D eigenvalue weighted by atomic mass is 15.2. The Kier molecular flexibility index (Phi) is 2.83. The number of nitrogens with zero attached hydrogens (tertiary/aromatic N) is 1. The Bertz CT molecular complexity index is 369. The maximum Gasteiger partial charge on any atom is 0.0604 e. The summed E-state index contributed by atoms with van der Waals surface area (Å²) in [5.41, 5.74) is 2.91. The predicted octanol–water partition coefficient (Wildman–Crippen LogP) is 3.35. The zero-order valence-electron chi connectivity index (χ0n) is 10.7. The second-order valence-corrected chi connectivity index (χ2v) is 5.76. The van der Waals surface area contributed by atoms with Crippen molar-refractivity contribution >= 4 is 11.4 Å². The monoisotopic (exact) mass is 218 g/mol. The highest BCUT2D eigenvalue weighted by molar-refractivity contribution is 5.71. The molecule has 0 aliphatic carbocycles. The van der Waals surface area contributed by atoms with Gasteiger partial charge in [0.2, 0.25) is 0 Å². The first-order chi connectivity index (χ1) is 7.49. The Hall–Kier alpha value is -1.18. The van der Waals surface area contributed by atoms with Crippen LogP contribution in [0.5, 0.6) is 0 Å². The summed E-state index contributed by atoms with van der Waals surface area (Å²) in [6.45, 7) is 11.3. The Morgan fingerprint density at radius 1 is 1.25 bits per heavy atom. The van der Waals surface area contributed by atoms with Crippen molar-refractivity contribution in [3.05, 3.63) is 24.3 Å². The van der Waals surface area contributed by atoms with Gasteiger partial charge in [0.05, 0.1) is 11.4 Å². The zero-order chi connectivity index (χ0) is 11.8. The second-order valence-electron chi connectivity index (χ2n) is 5.76. The molecule has 1 aromatic rings. The first-order valence-electron chi connectivity index (χ1n) is 6.09. The third kappa shape index (κ3) is 2.16. The normalized spacial score (nSPS) is 18.9. The molecule has 2 nitrogen and oxygen atoms in total. The van der Waals surface area contributed by atoms with Gasteiger partial charge in [0.25, 0.3) is 0 Å². The summed E-state index contributed by atoms with van der Waals surface area (Å²) >= 11 is 0. The van der Waals surface area contributed by atoms with Gasteiger partial charge in [-0.15, -0.1) is 0 Å². The third-order valence-electron chi connectivity index (χ3n) is 3.19. The molecule has 0 radical (unpaired) electrons. The lowest BCUT2D eigenvalue weighted by Crippen LogP contribution is -2.39. The fourth-order valence-corrected chi connectivity index (χ4v) is 2.27. The Morgan fingerprint density at radius 2 is 1.94 bits per heavy atom. The highest BCUT2D eigenvalue weighted by Crippen LogP contribution is 2.34. The van der Waals surface area contributed by atoms with Crippen LogP contribution in [0.2, 0.25) is 0 Å². The van der Waals surface area contributed by atoms with Gasteiger partial charge >= 0.3 is 0 Å². The van der Waals surface area contributed by atoms with Gasteiger partial charge in [-0.25, -0.2) is 0 Å². The van der Waals surface area contributed by atoms with Crippen LogP contribution in [0.1, 0.15) is 27.7 Å². The fraction of sp³-hybridized carbons (Fsp3) is 0.571. The molecule has 0 saturated carbocycles. The van der Waals surface area contributed by atoms with E-state index in [1.165, 1.54) is 11.4 Å². The maximum atomic E-state index is 3.56. The van der Waals surface area contributed by atoms with Crippen LogP contribution in [0.4, 0.5) is 11.4 Å². The van der Waals surface area contributed by atoms with Gasteiger partial charge < -0.3 is 10.2 Å². The molecule has 1 aliphatic rings. The van der Waals surface area contributed by atoms with Crippen molar-refractivity contribution in [1.82, 2.24) is 0 Å². The molecule has 1 heterocycles. The lowest BCUT2D eigenvalue weighted by Gasteiger charge is -2.34. The summed E-state index contributed by atoms with van der Waals surface area (Å²) in [4.78, 5) is 2.50. The van der Waals surface area contributed by atoms with E-state index in [2.05, 4.69) is 62.2 Å². The number of para-hydroxylation sites is 2. The van der Waals surface area contributed by atoms with Crippen LogP contribution in [-0.4, -0.2) is 19.1 Å². The van der Waals surface area contributed by atoms with Crippen LogP contribution in [-0.2, 0) is 0 Å². The SMILES string of the molecule is CC(C)N1CC(C)(C)CNc2ccccc21. The van der Waals surface area contributed by atoms with Gasteiger partial charge in [0.15, 0.2) is 0 Å². The molecule has 1 N–H and O–H groups in total. The van der Waals surface area contributed by atoms with Crippen LogP contribution < -0.4 is 10.2 Å². The third-order valence-corrected chi connectivity index (χ3v) is 3.19. The highest BCUT2D eigenvalue weighted by Gasteiger charge is 2.28. The summed E-state index contributed by atoms with van der Waals surface area (Å²) in [5.74, 6) is 0. The average Bonchev–Trinajstić information content (AvgIpc) is 2.36. The van der Waals surface area contributed by atoms with Gasteiger partial charge in [-0.3, -0.25) is 0 Å². The number of anilines is 2. The molecule has 0 atom stereocenters. The minimum atomic E-state index is 0.309. The first kappa shape index (κ1) is 11.3. The molecule has 2 rings (SSSR count). The summed E-state index contributed by atoms with van der Waals surface area (Å²) in [5, 5.41) is 3.56. The predicted molar refractivity (Wildman–Crippen MR) is 71.2 cm³/mol. The number of benzene rings is 1. The largest absolute Gasteiger partial charge is 0.383 e. The molecule has 88 valence electrons. The van der Waals surface area contributed by atoms with E-state index in [9.17, 15) is 0 Å². The summed E-state index contributed by atoms with van der Waals surface area (Å²) in [6, 6.07) is 9.15. The standard InChI is InChI=1S/C14H22N2/c1-11(2)16-10-14(3,4)9-15-12-7-5-6-8-13(12)16/h5-8,11,15H,9-10H2,1-4H3. The maximum absolute atomic E-state index is 3.56. The number of fused-ring (bicyclic) bond motifs is 1. The van der Waals surface area contributed by atoms with Crippen LogP contribution in [0.25, 0.3) is 0 Å². The van der Waals surface area contributed by atoms with Gasteiger partial charge in [-0.2, -0.15) is 0 Å². The average molecular weight is 218 g/mol. The van der Waals surface area contributed by atoms with Crippen molar-refractivity contribution in [3.8, 4) is 0 Å². The van der Waals surface area contributed by atoms with Crippen molar-refractivity contribution in [2.45, 2.75) is 33.7 Å². The Balaban J connectivity index is 2.41. The molecule has 0 amide bonds. The van der Waals surface area contributed by atoms with E-state index in [-0.39, 0.29) is 0 Å². The van der Waals surface area contributed by atoms with E-state index in [0.29, 0.717) is 11.5 Å². The Labute approximate surface area is 98.7 Å². The molecule has 1 aliphatic heterocycles. The molecular formula is C14H22N2. The van der Waals surface area contributed by atoms with E-state index in [0.717, 1.165) is 13.1 Å². The molecule has 0 aromatic heterocycles. The molecule has 0 bridgehead atoms. The Morgan fingerprint density at radius 3 is 2.62 bits per heavy atom. The molecule has 2 heteroatoms. The van der Waals surface area contributed by atoms with Crippen molar-refractivity contribution in [3.63, 3.8) is 0 Å². The minimum Gasteiger partial charge on any atom is -0.383 e. The molecular weight excluding hydrogens is 196 g/mol.